The second kappa shape index (κ2) is 6.72. The zero-order valence-corrected chi connectivity index (χ0v) is 15.0. The lowest BCUT2D eigenvalue weighted by atomic mass is 10.1. The quantitative estimate of drug-likeness (QED) is 0.772. The van der Waals surface area contributed by atoms with Crippen molar-refractivity contribution in [2.75, 3.05) is 23.3 Å². The molecule has 1 aliphatic heterocycles. The molecule has 0 aliphatic carbocycles. The molecule has 1 fully saturated rings. The zero-order valence-electron chi connectivity index (χ0n) is 14.2. The maximum Gasteiger partial charge on any atom is 0.188 e. The van der Waals surface area contributed by atoms with Crippen molar-refractivity contribution >= 4 is 28.1 Å². The van der Waals surface area contributed by atoms with E-state index in [2.05, 4.69) is 30.2 Å². The van der Waals surface area contributed by atoms with Gasteiger partial charge in [-0.1, -0.05) is 0 Å². The molecule has 0 aromatic carbocycles. The highest BCUT2D eigenvalue weighted by atomic mass is 32.1. The molecule has 4 heterocycles. The molecule has 1 unspecified atom stereocenters. The number of rotatable bonds is 4. The Morgan fingerprint density at radius 1 is 1.16 bits per heavy atom. The maximum atomic E-state index is 4.73. The predicted molar refractivity (Wildman–Crippen MR) is 98.5 cm³/mol. The maximum absolute atomic E-state index is 4.73. The van der Waals surface area contributed by atoms with Gasteiger partial charge in [-0.05, 0) is 20.3 Å². The Hall–Kier alpha value is -2.61. The molecule has 1 atom stereocenters. The number of aromatic nitrogens is 5. The van der Waals surface area contributed by atoms with Gasteiger partial charge in [-0.25, -0.2) is 19.9 Å². The van der Waals surface area contributed by atoms with Gasteiger partial charge in [0.2, 0.25) is 0 Å². The third kappa shape index (κ3) is 3.58. The molecule has 1 saturated heterocycles. The van der Waals surface area contributed by atoms with Gasteiger partial charge in [0.25, 0.3) is 0 Å². The van der Waals surface area contributed by atoms with Gasteiger partial charge < -0.3 is 10.2 Å². The molecule has 4 rings (SSSR count). The second-order valence-corrected chi connectivity index (χ2v) is 7.38. The number of hydrogen-bond donors (Lipinski definition) is 1. The first-order valence-corrected chi connectivity index (χ1v) is 9.05. The van der Waals surface area contributed by atoms with Crippen LogP contribution in [-0.2, 0) is 0 Å². The van der Waals surface area contributed by atoms with Crippen molar-refractivity contribution in [2.45, 2.75) is 26.2 Å². The van der Waals surface area contributed by atoms with Crippen LogP contribution in [0.3, 0.4) is 0 Å². The van der Waals surface area contributed by atoms with Gasteiger partial charge in [-0.3, -0.25) is 4.98 Å². The van der Waals surface area contributed by atoms with Crippen LogP contribution >= 0.6 is 11.3 Å². The number of thiazole rings is 1. The molecule has 8 heteroatoms. The van der Waals surface area contributed by atoms with Crippen LogP contribution < -0.4 is 10.2 Å². The Morgan fingerprint density at radius 2 is 2.08 bits per heavy atom. The molecule has 0 saturated carbocycles. The van der Waals surface area contributed by atoms with E-state index in [-0.39, 0.29) is 0 Å². The van der Waals surface area contributed by atoms with E-state index in [1.54, 1.807) is 29.9 Å². The second-order valence-electron chi connectivity index (χ2n) is 6.15. The lowest BCUT2D eigenvalue weighted by Gasteiger charge is -2.16. The van der Waals surface area contributed by atoms with E-state index in [1.165, 1.54) is 4.88 Å². The van der Waals surface area contributed by atoms with Crippen LogP contribution in [0.5, 0.6) is 0 Å². The van der Waals surface area contributed by atoms with E-state index < -0.39 is 0 Å². The van der Waals surface area contributed by atoms with Crippen LogP contribution in [-0.4, -0.2) is 38.0 Å². The third-order valence-electron chi connectivity index (χ3n) is 4.15. The van der Waals surface area contributed by atoms with E-state index in [9.17, 15) is 0 Å². The lowest BCUT2D eigenvalue weighted by molar-refractivity contribution is 0.705. The third-order valence-corrected chi connectivity index (χ3v) is 4.98. The van der Waals surface area contributed by atoms with Crippen molar-refractivity contribution in [2.24, 2.45) is 0 Å². The van der Waals surface area contributed by atoms with Gasteiger partial charge in [0, 0.05) is 54.2 Å². The molecule has 0 spiro atoms. The Bertz CT molecular complexity index is 864. The smallest absolute Gasteiger partial charge is 0.188 e. The van der Waals surface area contributed by atoms with E-state index in [0.29, 0.717) is 5.92 Å². The van der Waals surface area contributed by atoms with Gasteiger partial charge in [0.05, 0.1) is 6.20 Å². The number of aryl methyl sites for hydroxylation is 2. The number of anilines is 3. The van der Waals surface area contributed by atoms with Crippen molar-refractivity contribution in [3.8, 4) is 0 Å². The largest absolute Gasteiger partial charge is 0.355 e. The molecular formula is C17H19N7S. The summed E-state index contributed by atoms with van der Waals surface area (Å²) < 4.78 is 0. The Kier molecular flexibility index (Phi) is 4.27. The monoisotopic (exact) mass is 353 g/mol. The van der Waals surface area contributed by atoms with Crippen molar-refractivity contribution < 1.29 is 0 Å². The zero-order chi connectivity index (χ0) is 17.2. The van der Waals surface area contributed by atoms with Crippen LogP contribution in [0.15, 0.2) is 30.9 Å². The van der Waals surface area contributed by atoms with E-state index in [4.69, 9.17) is 4.98 Å². The van der Waals surface area contributed by atoms with Crippen LogP contribution in [0, 0.1) is 13.8 Å². The molecule has 3 aromatic rings. The molecule has 25 heavy (non-hydrogen) atoms. The van der Waals surface area contributed by atoms with Gasteiger partial charge in [-0.2, -0.15) is 0 Å². The summed E-state index contributed by atoms with van der Waals surface area (Å²) in [7, 11) is 0. The average Bonchev–Trinajstić information content (AvgIpc) is 3.24. The molecule has 7 nitrogen and oxygen atoms in total. The minimum Gasteiger partial charge on any atom is -0.355 e. The van der Waals surface area contributed by atoms with Crippen molar-refractivity contribution in [1.29, 1.82) is 0 Å². The summed E-state index contributed by atoms with van der Waals surface area (Å²) in [4.78, 5) is 25.7. The fourth-order valence-corrected chi connectivity index (χ4v) is 3.67. The summed E-state index contributed by atoms with van der Waals surface area (Å²) in [6.45, 7) is 5.84. The Balaban J connectivity index is 1.52. The van der Waals surface area contributed by atoms with Crippen LogP contribution in [0.4, 0.5) is 16.8 Å². The SMILES string of the molecule is Cc1cc(Nc2ncc(C)s2)nc(C2CCN(c3cnccn3)C2)n1. The van der Waals surface area contributed by atoms with Gasteiger partial charge in [-0.15, -0.1) is 11.3 Å². The van der Waals surface area contributed by atoms with E-state index in [0.717, 1.165) is 47.8 Å². The number of hydrogen-bond acceptors (Lipinski definition) is 8. The summed E-state index contributed by atoms with van der Waals surface area (Å²) >= 11 is 1.62. The first kappa shape index (κ1) is 15.9. The highest BCUT2D eigenvalue weighted by molar-refractivity contribution is 7.15. The number of nitrogens with zero attached hydrogens (tertiary/aromatic N) is 6. The van der Waals surface area contributed by atoms with Crippen molar-refractivity contribution in [3.63, 3.8) is 0 Å². The van der Waals surface area contributed by atoms with Gasteiger partial charge in [0.1, 0.15) is 17.5 Å². The molecular weight excluding hydrogens is 334 g/mol. The summed E-state index contributed by atoms with van der Waals surface area (Å²) in [6.07, 6.45) is 8.09. The minimum absolute atomic E-state index is 0.292. The lowest BCUT2D eigenvalue weighted by Crippen LogP contribution is -2.21. The van der Waals surface area contributed by atoms with Crippen molar-refractivity contribution in [3.05, 3.63) is 47.2 Å². The van der Waals surface area contributed by atoms with Crippen LogP contribution in [0.25, 0.3) is 0 Å². The highest BCUT2D eigenvalue weighted by Crippen LogP contribution is 2.29. The summed E-state index contributed by atoms with van der Waals surface area (Å²) in [5, 5.41) is 4.15. The van der Waals surface area contributed by atoms with E-state index in [1.807, 2.05) is 26.1 Å². The minimum atomic E-state index is 0.292. The van der Waals surface area contributed by atoms with Crippen LogP contribution in [0.1, 0.15) is 28.7 Å². The molecule has 0 radical (unpaired) electrons. The normalized spacial score (nSPS) is 17.0. The fraction of sp³-hybridized carbons (Fsp3) is 0.353. The topological polar surface area (TPSA) is 79.7 Å². The van der Waals surface area contributed by atoms with Gasteiger partial charge in [0.15, 0.2) is 5.13 Å². The predicted octanol–water partition coefficient (Wildman–Crippen LogP) is 3.08. The molecule has 3 aromatic heterocycles. The van der Waals surface area contributed by atoms with Gasteiger partial charge >= 0.3 is 0 Å². The average molecular weight is 353 g/mol. The summed E-state index contributed by atoms with van der Waals surface area (Å²) in [5.74, 6) is 2.88. The molecule has 128 valence electrons. The summed E-state index contributed by atoms with van der Waals surface area (Å²) in [5.41, 5.74) is 0.957. The molecule has 1 aliphatic rings. The standard InChI is InChI=1S/C17H19N7S/c1-11-7-14(23-17-20-8-12(2)25-17)22-16(21-11)13-3-6-24(10-13)15-9-18-4-5-19-15/h4-5,7-9,13H,3,6,10H2,1-2H3,(H,20,21,22,23). The van der Waals surface area contributed by atoms with Crippen LogP contribution in [0.2, 0.25) is 0 Å². The molecule has 0 amide bonds. The molecule has 1 N–H and O–H groups in total. The molecule has 0 bridgehead atoms. The number of nitrogens with one attached hydrogen (secondary N) is 1. The summed E-state index contributed by atoms with van der Waals surface area (Å²) in [6, 6.07) is 1.95. The Morgan fingerprint density at radius 3 is 2.84 bits per heavy atom. The fourth-order valence-electron chi connectivity index (χ4n) is 2.99. The first-order chi connectivity index (χ1) is 12.2. The Labute approximate surface area is 150 Å². The highest BCUT2D eigenvalue weighted by Gasteiger charge is 2.27. The van der Waals surface area contributed by atoms with E-state index >= 15 is 0 Å². The first-order valence-electron chi connectivity index (χ1n) is 8.23. The van der Waals surface area contributed by atoms with Crippen molar-refractivity contribution in [1.82, 2.24) is 24.9 Å².